The summed E-state index contributed by atoms with van der Waals surface area (Å²) < 4.78 is 30.5. The summed E-state index contributed by atoms with van der Waals surface area (Å²) >= 11 is 1.34. The fraction of sp³-hybridized carbons (Fsp3) is 0.471. The molecule has 9 nitrogen and oxygen atoms in total. The van der Waals surface area contributed by atoms with E-state index in [9.17, 15) is 13.5 Å². The van der Waals surface area contributed by atoms with E-state index < -0.39 is 10.0 Å². The fourth-order valence-corrected chi connectivity index (χ4v) is 3.37. The van der Waals surface area contributed by atoms with Crippen molar-refractivity contribution in [3.8, 4) is 5.75 Å². The number of aliphatic hydroxyl groups excluding tert-OH is 1. The lowest BCUT2D eigenvalue weighted by molar-refractivity contribution is 0.248. The summed E-state index contributed by atoms with van der Waals surface area (Å²) in [5.41, 5.74) is 1.04. The van der Waals surface area contributed by atoms with Crippen molar-refractivity contribution in [3.05, 3.63) is 29.8 Å². The number of rotatable bonds is 10. The molecule has 0 saturated heterocycles. The van der Waals surface area contributed by atoms with Gasteiger partial charge in [-0.15, -0.1) is 0 Å². The standard InChI is InChI=1S/C17H25N5O4S2/c1-11(2)14(9-23)18-15-19-16(22-28(4,24)25)21-17(20-15)27-10-12-5-7-13(26-3)8-6-12/h5-8,11,14,23H,9-10H2,1-4H3,(H2,18,19,20,21,22)/t14-/m0/s1. The zero-order chi connectivity index (χ0) is 20.7. The second-order valence-electron chi connectivity index (χ2n) is 6.45. The Morgan fingerprint density at radius 1 is 1.14 bits per heavy atom. The third-order valence-corrected chi connectivity index (χ3v) is 5.21. The molecular weight excluding hydrogens is 402 g/mol. The molecule has 0 saturated carbocycles. The molecule has 3 N–H and O–H groups in total. The predicted octanol–water partition coefficient (Wildman–Crippen LogP) is 1.97. The van der Waals surface area contributed by atoms with Crippen LogP contribution in [0.15, 0.2) is 29.4 Å². The first-order valence-corrected chi connectivity index (χ1v) is 11.4. The van der Waals surface area contributed by atoms with E-state index in [4.69, 9.17) is 4.74 Å². The van der Waals surface area contributed by atoms with E-state index in [2.05, 4.69) is 25.0 Å². The third kappa shape index (κ3) is 7.13. The normalized spacial score (nSPS) is 12.6. The molecule has 0 radical (unpaired) electrons. The number of benzene rings is 1. The Morgan fingerprint density at radius 3 is 2.32 bits per heavy atom. The number of aromatic nitrogens is 3. The molecule has 0 aliphatic rings. The predicted molar refractivity (Wildman–Crippen MR) is 110 cm³/mol. The Hall–Kier alpha value is -2.11. The van der Waals surface area contributed by atoms with Gasteiger partial charge in [0.05, 0.1) is 26.0 Å². The lowest BCUT2D eigenvalue weighted by Gasteiger charge is -2.20. The molecule has 0 aliphatic heterocycles. The van der Waals surface area contributed by atoms with Gasteiger partial charge in [0.25, 0.3) is 0 Å². The number of nitrogens with zero attached hydrogens (tertiary/aromatic N) is 3. The molecule has 28 heavy (non-hydrogen) atoms. The van der Waals surface area contributed by atoms with Gasteiger partial charge in [0.2, 0.25) is 21.9 Å². The Morgan fingerprint density at radius 2 is 1.79 bits per heavy atom. The minimum absolute atomic E-state index is 0.0716. The van der Waals surface area contributed by atoms with Crippen molar-refractivity contribution in [1.29, 1.82) is 0 Å². The van der Waals surface area contributed by atoms with Crippen LogP contribution in [0.5, 0.6) is 5.75 Å². The van der Waals surface area contributed by atoms with Gasteiger partial charge in [-0.2, -0.15) is 15.0 Å². The van der Waals surface area contributed by atoms with Crippen LogP contribution >= 0.6 is 11.8 Å². The van der Waals surface area contributed by atoms with Gasteiger partial charge in [-0.3, -0.25) is 4.72 Å². The topological polar surface area (TPSA) is 126 Å². The Bertz CT molecular complexity index is 876. The van der Waals surface area contributed by atoms with Crippen LogP contribution in [0.2, 0.25) is 0 Å². The highest BCUT2D eigenvalue weighted by Crippen LogP contribution is 2.23. The molecule has 2 rings (SSSR count). The molecule has 1 heterocycles. The first-order chi connectivity index (χ1) is 13.2. The van der Waals surface area contributed by atoms with Crippen molar-refractivity contribution < 1.29 is 18.3 Å². The van der Waals surface area contributed by atoms with Crippen LogP contribution in [0.3, 0.4) is 0 Å². The highest BCUT2D eigenvalue weighted by atomic mass is 32.2. The minimum Gasteiger partial charge on any atom is -0.497 e. The van der Waals surface area contributed by atoms with Crippen LogP contribution in [-0.2, 0) is 15.8 Å². The maximum atomic E-state index is 11.6. The van der Waals surface area contributed by atoms with E-state index in [-0.39, 0.29) is 30.5 Å². The van der Waals surface area contributed by atoms with Crippen molar-refractivity contribution in [2.75, 3.05) is 30.0 Å². The fourth-order valence-electron chi connectivity index (χ4n) is 2.16. The quantitative estimate of drug-likeness (QED) is 0.488. The van der Waals surface area contributed by atoms with Gasteiger partial charge in [-0.05, 0) is 23.6 Å². The lowest BCUT2D eigenvalue weighted by atomic mass is 10.1. The molecule has 0 fully saturated rings. The van der Waals surface area contributed by atoms with Crippen LogP contribution in [-0.4, -0.2) is 54.5 Å². The molecule has 0 bridgehead atoms. The molecule has 154 valence electrons. The van der Waals surface area contributed by atoms with E-state index in [0.717, 1.165) is 17.6 Å². The molecule has 11 heteroatoms. The SMILES string of the molecule is COc1ccc(CSc2nc(N[C@@H](CO)C(C)C)nc(NS(C)(=O)=O)n2)cc1. The second kappa shape index (κ2) is 9.89. The van der Waals surface area contributed by atoms with Crippen LogP contribution < -0.4 is 14.8 Å². The Kier molecular flexibility index (Phi) is 7.84. The maximum Gasteiger partial charge on any atom is 0.242 e. The zero-order valence-electron chi connectivity index (χ0n) is 16.2. The smallest absolute Gasteiger partial charge is 0.242 e. The molecule has 0 spiro atoms. The summed E-state index contributed by atoms with van der Waals surface area (Å²) in [5.74, 6) is 1.61. The molecule has 2 aromatic rings. The number of hydrogen-bond acceptors (Lipinski definition) is 9. The van der Waals surface area contributed by atoms with Gasteiger partial charge < -0.3 is 15.2 Å². The van der Waals surface area contributed by atoms with E-state index in [1.54, 1.807) is 7.11 Å². The number of aliphatic hydroxyl groups is 1. The van der Waals surface area contributed by atoms with Gasteiger partial charge in [-0.25, -0.2) is 8.42 Å². The van der Waals surface area contributed by atoms with Crippen LogP contribution in [0, 0.1) is 5.92 Å². The number of sulfonamides is 1. The molecule has 1 aromatic carbocycles. The van der Waals surface area contributed by atoms with Gasteiger partial charge >= 0.3 is 0 Å². The number of anilines is 2. The minimum atomic E-state index is -3.54. The molecular formula is C17H25N5O4S2. The number of hydrogen-bond donors (Lipinski definition) is 3. The third-order valence-electron chi connectivity index (χ3n) is 3.73. The molecule has 0 amide bonds. The van der Waals surface area contributed by atoms with Gasteiger partial charge in [0.1, 0.15) is 5.75 Å². The molecule has 1 aromatic heterocycles. The van der Waals surface area contributed by atoms with Gasteiger partial charge in [0, 0.05) is 5.75 Å². The van der Waals surface area contributed by atoms with E-state index in [1.165, 1.54) is 11.8 Å². The van der Waals surface area contributed by atoms with Crippen LogP contribution in [0.4, 0.5) is 11.9 Å². The van der Waals surface area contributed by atoms with E-state index >= 15 is 0 Å². The number of nitrogens with one attached hydrogen (secondary N) is 2. The largest absolute Gasteiger partial charge is 0.497 e. The summed E-state index contributed by atoms with van der Waals surface area (Å²) in [4.78, 5) is 12.6. The highest BCUT2D eigenvalue weighted by molar-refractivity contribution is 7.98. The average molecular weight is 428 g/mol. The Labute approximate surface area is 169 Å². The monoisotopic (exact) mass is 427 g/mol. The summed E-state index contributed by atoms with van der Waals surface area (Å²) in [7, 11) is -1.93. The van der Waals surface area contributed by atoms with Crippen molar-refractivity contribution in [2.24, 2.45) is 5.92 Å². The summed E-state index contributed by atoms with van der Waals surface area (Å²) in [6.45, 7) is 3.79. The Balaban J connectivity index is 2.22. The molecule has 1 atom stereocenters. The van der Waals surface area contributed by atoms with Crippen molar-refractivity contribution in [2.45, 2.75) is 30.8 Å². The lowest BCUT2D eigenvalue weighted by Crippen LogP contribution is -2.30. The summed E-state index contributed by atoms with van der Waals surface area (Å²) in [5, 5.41) is 12.9. The zero-order valence-corrected chi connectivity index (χ0v) is 17.8. The van der Waals surface area contributed by atoms with Gasteiger partial charge in [-0.1, -0.05) is 37.7 Å². The van der Waals surface area contributed by atoms with Crippen molar-refractivity contribution in [3.63, 3.8) is 0 Å². The average Bonchev–Trinajstić information content (AvgIpc) is 2.63. The van der Waals surface area contributed by atoms with Crippen molar-refractivity contribution >= 4 is 33.7 Å². The van der Waals surface area contributed by atoms with Gasteiger partial charge in [0.15, 0.2) is 5.16 Å². The first-order valence-electron chi connectivity index (χ1n) is 8.57. The highest BCUT2D eigenvalue weighted by Gasteiger charge is 2.16. The number of methoxy groups -OCH3 is 1. The second-order valence-corrected chi connectivity index (χ2v) is 9.14. The number of ether oxygens (including phenoxy) is 1. The summed E-state index contributed by atoms with van der Waals surface area (Å²) in [6.07, 6.45) is 1.03. The van der Waals surface area contributed by atoms with Crippen molar-refractivity contribution in [1.82, 2.24) is 15.0 Å². The molecule has 0 aliphatic carbocycles. The van der Waals surface area contributed by atoms with Crippen LogP contribution in [0.25, 0.3) is 0 Å². The maximum absolute atomic E-state index is 11.6. The summed E-state index contributed by atoms with van der Waals surface area (Å²) in [6, 6.07) is 7.32. The first kappa shape index (κ1) is 22.2. The van der Waals surface area contributed by atoms with Crippen LogP contribution in [0.1, 0.15) is 19.4 Å². The van der Waals surface area contributed by atoms with E-state index in [1.807, 2.05) is 38.1 Å². The molecule has 0 unspecified atom stereocenters. The number of thioether (sulfide) groups is 1. The van der Waals surface area contributed by atoms with E-state index in [0.29, 0.717) is 10.9 Å².